The number of aromatic nitrogens is 1. The fourth-order valence-electron chi connectivity index (χ4n) is 4.29. The molecule has 2 heterocycles. The maximum absolute atomic E-state index is 12.9. The van der Waals surface area contributed by atoms with Crippen molar-refractivity contribution in [1.29, 1.82) is 0 Å². The van der Waals surface area contributed by atoms with E-state index in [0.717, 1.165) is 47.4 Å². The molecule has 0 bridgehead atoms. The van der Waals surface area contributed by atoms with Gasteiger partial charge in [0.15, 0.2) is 0 Å². The van der Waals surface area contributed by atoms with Crippen LogP contribution < -0.4 is 0 Å². The molecule has 2 aromatic carbocycles. The van der Waals surface area contributed by atoms with E-state index in [1.807, 2.05) is 60.5 Å². The summed E-state index contributed by atoms with van der Waals surface area (Å²) in [5.41, 5.74) is 3.68. The second kappa shape index (κ2) is 8.75. The lowest BCUT2D eigenvalue weighted by Gasteiger charge is -2.34. The van der Waals surface area contributed by atoms with Gasteiger partial charge in [-0.3, -0.25) is 4.79 Å². The lowest BCUT2D eigenvalue weighted by molar-refractivity contribution is 0.0732. The molecule has 1 fully saturated rings. The van der Waals surface area contributed by atoms with E-state index in [2.05, 4.69) is 24.0 Å². The Morgan fingerprint density at radius 3 is 2.69 bits per heavy atom. The van der Waals surface area contributed by atoms with Crippen LogP contribution in [0.1, 0.15) is 30.1 Å². The third-order valence-electron chi connectivity index (χ3n) is 5.96. The third kappa shape index (κ3) is 4.48. The second-order valence-electron chi connectivity index (χ2n) is 8.05. The summed E-state index contributed by atoms with van der Waals surface area (Å²) in [4.78, 5) is 22.0. The minimum Gasteiger partial charge on any atom is -0.341 e. The smallest absolute Gasteiger partial charge is 0.253 e. The van der Waals surface area contributed by atoms with Crippen molar-refractivity contribution in [2.45, 2.75) is 19.8 Å². The maximum atomic E-state index is 12.9. The van der Waals surface area contributed by atoms with Gasteiger partial charge in [-0.1, -0.05) is 43.3 Å². The Morgan fingerprint density at radius 2 is 1.90 bits per heavy atom. The van der Waals surface area contributed by atoms with Crippen LogP contribution in [0.5, 0.6) is 0 Å². The number of hydrogen-bond acceptors (Lipinski definition) is 3. The van der Waals surface area contributed by atoms with Gasteiger partial charge in [0.2, 0.25) is 0 Å². The van der Waals surface area contributed by atoms with E-state index in [9.17, 15) is 4.79 Å². The monoisotopic (exact) mass is 387 g/mol. The summed E-state index contributed by atoms with van der Waals surface area (Å²) in [5, 5.41) is 1.13. The first-order chi connectivity index (χ1) is 14.1. The molecule has 150 valence electrons. The Hall–Kier alpha value is -2.72. The van der Waals surface area contributed by atoms with Crippen LogP contribution in [0.3, 0.4) is 0 Å². The molecule has 1 aromatic heterocycles. The highest BCUT2D eigenvalue weighted by atomic mass is 16.2. The summed E-state index contributed by atoms with van der Waals surface area (Å²) in [6.07, 6.45) is 2.44. The number of pyridine rings is 1. The van der Waals surface area contributed by atoms with E-state index in [1.54, 1.807) is 0 Å². The zero-order valence-corrected chi connectivity index (χ0v) is 17.3. The molecular weight excluding hydrogens is 358 g/mol. The van der Waals surface area contributed by atoms with E-state index < -0.39 is 0 Å². The minimum atomic E-state index is 0.0941. The Morgan fingerprint density at radius 1 is 1.10 bits per heavy atom. The minimum absolute atomic E-state index is 0.0941. The van der Waals surface area contributed by atoms with Gasteiger partial charge in [-0.25, -0.2) is 4.98 Å². The highest BCUT2D eigenvalue weighted by Gasteiger charge is 2.22. The number of carbonyl (C=O) groups is 1. The number of piperidine rings is 1. The molecule has 3 aromatic rings. The lowest BCUT2D eigenvalue weighted by atomic mass is 9.97. The summed E-state index contributed by atoms with van der Waals surface area (Å²) in [7, 11) is 1.92. The number of likely N-dealkylation sites (tertiary alicyclic amines) is 1. The molecule has 0 spiro atoms. The number of carbonyl (C=O) groups excluding carboxylic acids is 1. The van der Waals surface area contributed by atoms with Crippen LogP contribution in [0.25, 0.3) is 22.2 Å². The van der Waals surface area contributed by atoms with Crippen molar-refractivity contribution in [1.82, 2.24) is 14.8 Å². The van der Waals surface area contributed by atoms with Crippen molar-refractivity contribution in [2.24, 2.45) is 5.92 Å². The van der Waals surface area contributed by atoms with Gasteiger partial charge in [0, 0.05) is 36.7 Å². The molecule has 1 atom stereocenters. The molecule has 1 aliphatic rings. The summed E-state index contributed by atoms with van der Waals surface area (Å²) < 4.78 is 0. The summed E-state index contributed by atoms with van der Waals surface area (Å²) >= 11 is 0. The molecule has 0 radical (unpaired) electrons. The summed E-state index contributed by atoms with van der Waals surface area (Å²) in [6, 6.07) is 20.1. The average Bonchev–Trinajstić information content (AvgIpc) is 2.78. The van der Waals surface area contributed by atoms with Crippen LogP contribution in [0.2, 0.25) is 0 Å². The topological polar surface area (TPSA) is 36.4 Å². The molecule has 4 nitrogen and oxygen atoms in total. The van der Waals surface area contributed by atoms with Crippen molar-refractivity contribution in [3.63, 3.8) is 0 Å². The van der Waals surface area contributed by atoms with Gasteiger partial charge in [-0.15, -0.1) is 0 Å². The van der Waals surface area contributed by atoms with Crippen LogP contribution in [-0.2, 0) is 0 Å². The molecule has 0 N–H and O–H groups in total. The van der Waals surface area contributed by atoms with Crippen molar-refractivity contribution < 1.29 is 4.79 Å². The molecule has 0 aliphatic carbocycles. The van der Waals surface area contributed by atoms with E-state index >= 15 is 0 Å². The van der Waals surface area contributed by atoms with Gasteiger partial charge in [0.05, 0.1) is 11.2 Å². The Bertz CT molecular complexity index is 983. The number of para-hydroxylation sites is 1. The van der Waals surface area contributed by atoms with E-state index in [-0.39, 0.29) is 5.91 Å². The maximum Gasteiger partial charge on any atom is 0.253 e. The first kappa shape index (κ1) is 19.6. The molecule has 4 heteroatoms. The highest BCUT2D eigenvalue weighted by Crippen LogP contribution is 2.22. The summed E-state index contributed by atoms with van der Waals surface area (Å²) in [6.45, 7) is 6.42. The fraction of sp³-hybridized carbons (Fsp3) is 0.360. The number of rotatable bonds is 5. The fourth-order valence-corrected chi connectivity index (χ4v) is 4.29. The van der Waals surface area contributed by atoms with Crippen molar-refractivity contribution in [2.75, 3.05) is 33.2 Å². The number of benzene rings is 2. The van der Waals surface area contributed by atoms with Gasteiger partial charge in [0.1, 0.15) is 0 Å². The summed E-state index contributed by atoms with van der Waals surface area (Å²) in [5.74, 6) is 0.662. The van der Waals surface area contributed by atoms with Crippen LogP contribution >= 0.6 is 0 Å². The Labute approximate surface area is 173 Å². The van der Waals surface area contributed by atoms with E-state index in [0.29, 0.717) is 5.92 Å². The van der Waals surface area contributed by atoms with Crippen molar-refractivity contribution in [3.05, 3.63) is 66.2 Å². The number of hydrogen-bond donors (Lipinski definition) is 0. The van der Waals surface area contributed by atoms with E-state index in [4.69, 9.17) is 4.98 Å². The van der Waals surface area contributed by atoms with E-state index in [1.165, 1.54) is 19.4 Å². The normalized spacial score (nSPS) is 17.4. The van der Waals surface area contributed by atoms with Gasteiger partial charge in [-0.2, -0.15) is 0 Å². The molecule has 1 saturated heterocycles. The number of amides is 1. The standard InChI is InChI=1S/C25H29N3O/c1-3-28-16-6-7-19(18-28)17-27(2)25(29)22-12-10-21(11-13-22)24-15-14-20-8-4-5-9-23(20)26-24/h4-5,8-15,19H,3,6-7,16-18H2,1-2H3. The predicted molar refractivity (Wildman–Crippen MR) is 119 cm³/mol. The SMILES string of the molecule is CCN1CCCC(CN(C)C(=O)c2ccc(-c3ccc4ccccc4n3)cc2)C1. The molecule has 4 rings (SSSR count). The van der Waals surface area contributed by atoms with Gasteiger partial charge in [-0.05, 0) is 56.1 Å². The average molecular weight is 388 g/mol. The molecule has 1 unspecified atom stereocenters. The van der Waals surface area contributed by atoms with Crippen LogP contribution in [-0.4, -0.2) is 53.9 Å². The second-order valence-corrected chi connectivity index (χ2v) is 8.05. The first-order valence-electron chi connectivity index (χ1n) is 10.6. The van der Waals surface area contributed by atoms with Crippen LogP contribution in [0, 0.1) is 5.92 Å². The molecule has 1 aliphatic heterocycles. The molecule has 1 amide bonds. The quantitative estimate of drug-likeness (QED) is 0.636. The van der Waals surface area contributed by atoms with Crippen molar-refractivity contribution in [3.8, 4) is 11.3 Å². The Kier molecular flexibility index (Phi) is 5.91. The number of fused-ring (bicyclic) bond motifs is 1. The van der Waals surface area contributed by atoms with Gasteiger partial charge in [0.25, 0.3) is 5.91 Å². The largest absolute Gasteiger partial charge is 0.341 e. The first-order valence-corrected chi connectivity index (χ1v) is 10.6. The van der Waals surface area contributed by atoms with Crippen molar-refractivity contribution >= 4 is 16.8 Å². The molecular formula is C25H29N3O. The highest BCUT2D eigenvalue weighted by molar-refractivity contribution is 5.94. The zero-order valence-electron chi connectivity index (χ0n) is 17.3. The third-order valence-corrected chi connectivity index (χ3v) is 5.96. The lowest BCUT2D eigenvalue weighted by Crippen LogP contribution is -2.41. The Balaban J connectivity index is 1.44. The molecule has 0 saturated carbocycles. The number of nitrogens with zero attached hydrogens (tertiary/aromatic N) is 3. The van der Waals surface area contributed by atoms with Gasteiger partial charge < -0.3 is 9.80 Å². The predicted octanol–water partition coefficient (Wildman–Crippen LogP) is 4.71. The zero-order chi connectivity index (χ0) is 20.2. The van der Waals surface area contributed by atoms with Crippen LogP contribution in [0.4, 0.5) is 0 Å². The van der Waals surface area contributed by atoms with Gasteiger partial charge >= 0.3 is 0 Å². The van der Waals surface area contributed by atoms with Crippen LogP contribution in [0.15, 0.2) is 60.7 Å². The molecule has 29 heavy (non-hydrogen) atoms.